The van der Waals surface area contributed by atoms with E-state index in [0.717, 1.165) is 49.1 Å². The first kappa shape index (κ1) is 29.6. The third-order valence-corrected chi connectivity index (χ3v) is 8.70. The second-order valence-corrected chi connectivity index (χ2v) is 11.9. The van der Waals surface area contributed by atoms with Gasteiger partial charge in [0.05, 0.1) is 10.4 Å². The summed E-state index contributed by atoms with van der Waals surface area (Å²) in [6, 6.07) is 7.06. The number of benzene rings is 2. The standard InChI is InChI=1S/C27H37N7O5S/c1-16-12-17(2)24(18(3)13-16)40(38,39)33-23(26(36)37)15-34(4)25(35)19-7-8-20-21(31-32-22(20)14-19)6-5-9-28-27-29-10-11-30-27/h7-8,12-14,23,27-30,33H,5-6,9-11,15H2,1-4H3,(H,31,32)(H,36,37). The van der Waals surface area contributed by atoms with Gasteiger partial charge >= 0.3 is 5.97 Å². The quantitative estimate of drug-likeness (QED) is 0.174. The van der Waals surface area contributed by atoms with Crippen molar-refractivity contribution in [3.05, 3.63) is 58.3 Å². The summed E-state index contributed by atoms with van der Waals surface area (Å²) in [5.74, 6) is -1.83. The number of sulfonamides is 1. The Labute approximate surface area is 234 Å². The lowest BCUT2D eigenvalue weighted by Gasteiger charge is -2.23. The van der Waals surface area contributed by atoms with Crippen molar-refractivity contribution in [1.29, 1.82) is 0 Å². The number of aliphatic carboxylic acids is 1. The summed E-state index contributed by atoms with van der Waals surface area (Å²) in [5.41, 5.74) is 3.86. The summed E-state index contributed by atoms with van der Waals surface area (Å²) < 4.78 is 28.5. The van der Waals surface area contributed by atoms with Crippen molar-refractivity contribution in [2.45, 2.75) is 50.8 Å². The first-order chi connectivity index (χ1) is 19.0. The second kappa shape index (κ2) is 12.4. The number of carbonyl (C=O) groups excluding carboxylic acids is 1. The minimum absolute atomic E-state index is 0.0424. The van der Waals surface area contributed by atoms with E-state index in [4.69, 9.17) is 0 Å². The number of likely N-dealkylation sites (N-methyl/N-ethyl adjacent to an activating group) is 1. The highest BCUT2D eigenvalue weighted by atomic mass is 32.2. The maximum atomic E-state index is 13.2. The predicted octanol–water partition coefficient (Wildman–Crippen LogP) is 0.990. The number of aromatic nitrogens is 2. The van der Waals surface area contributed by atoms with Gasteiger partial charge in [-0.3, -0.25) is 30.6 Å². The highest BCUT2D eigenvalue weighted by Crippen LogP contribution is 2.23. The summed E-state index contributed by atoms with van der Waals surface area (Å²) >= 11 is 0. The number of rotatable bonds is 12. The number of H-pyrrole nitrogens is 1. The Morgan fingerprint density at radius 2 is 1.80 bits per heavy atom. The van der Waals surface area contributed by atoms with Gasteiger partial charge < -0.3 is 10.0 Å². The number of nitrogens with zero attached hydrogens (tertiary/aromatic N) is 2. The number of aromatic amines is 1. The van der Waals surface area contributed by atoms with Gasteiger partial charge in [-0.15, -0.1) is 0 Å². The third-order valence-electron chi connectivity index (χ3n) is 6.93. The smallest absolute Gasteiger partial charge is 0.323 e. The molecule has 1 aromatic heterocycles. The number of aryl methyl sites for hydroxylation is 4. The van der Waals surface area contributed by atoms with E-state index in [1.807, 2.05) is 13.0 Å². The van der Waals surface area contributed by atoms with E-state index < -0.39 is 27.9 Å². The number of amides is 1. The Morgan fingerprint density at radius 1 is 1.12 bits per heavy atom. The van der Waals surface area contributed by atoms with Crippen LogP contribution < -0.4 is 20.7 Å². The van der Waals surface area contributed by atoms with Crippen LogP contribution in [0.4, 0.5) is 0 Å². The van der Waals surface area contributed by atoms with Crippen LogP contribution in [0.15, 0.2) is 35.2 Å². The van der Waals surface area contributed by atoms with Gasteiger partial charge in [0.2, 0.25) is 10.0 Å². The maximum absolute atomic E-state index is 13.2. The number of fused-ring (bicyclic) bond motifs is 1. The summed E-state index contributed by atoms with van der Waals surface area (Å²) in [5, 5.41) is 28.1. The molecular weight excluding hydrogens is 534 g/mol. The zero-order chi connectivity index (χ0) is 29.0. The summed E-state index contributed by atoms with van der Waals surface area (Å²) in [7, 11) is -2.71. The molecule has 40 heavy (non-hydrogen) atoms. The molecule has 1 atom stereocenters. The van der Waals surface area contributed by atoms with Crippen LogP contribution in [-0.2, 0) is 21.2 Å². The molecule has 1 amide bonds. The molecular formula is C27H37N7O5S. The zero-order valence-electron chi connectivity index (χ0n) is 23.2. The summed E-state index contributed by atoms with van der Waals surface area (Å²) in [4.78, 5) is 26.4. The van der Waals surface area contributed by atoms with Crippen molar-refractivity contribution in [3.8, 4) is 0 Å². The molecule has 1 unspecified atom stereocenters. The third kappa shape index (κ3) is 6.85. The van der Waals surface area contributed by atoms with E-state index in [1.165, 1.54) is 11.9 Å². The van der Waals surface area contributed by atoms with Crippen molar-refractivity contribution in [2.75, 3.05) is 33.2 Å². The van der Waals surface area contributed by atoms with Gasteiger partial charge in [-0.2, -0.15) is 9.82 Å². The lowest BCUT2D eigenvalue weighted by atomic mass is 10.1. The molecule has 4 rings (SSSR count). The zero-order valence-corrected chi connectivity index (χ0v) is 24.0. The SMILES string of the molecule is Cc1cc(C)c(S(=O)(=O)NC(CN(C)C(=O)c2ccc3c(CCCNC4NCCN4)[nH]nc3c2)C(=O)O)c(C)c1. The molecule has 0 aliphatic carbocycles. The van der Waals surface area contributed by atoms with E-state index in [-0.39, 0.29) is 17.7 Å². The van der Waals surface area contributed by atoms with Crippen molar-refractivity contribution in [3.63, 3.8) is 0 Å². The molecule has 0 saturated carbocycles. The van der Waals surface area contributed by atoms with Crippen LogP contribution in [0.5, 0.6) is 0 Å². The molecule has 0 spiro atoms. The van der Waals surface area contributed by atoms with Gasteiger partial charge in [0.15, 0.2) is 0 Å². The van der Waals surface area contributed by atoms with Crippen molar-refractivity contribution < 1.29 is 23.1 Å². The van der Waals surface area contributed by atoms with E-state index >= 15 is 0 Å². The van der Waals surface area contributed by atoms with Gasteiger partial charge in [-0.05, 0) is 63.4 Å². The highest BCUT2D eigenvalue weighted by molar-refractivity contribution is 7.89. The molecule has 13 heteroatoms. The molecule has 6 N–H and O–H groups in total. The van der Waals surface area contributed by atoms with Crippen LogP contribution >= 0.6 is 0 Å². The Hall–Kier alpha value is -3.36. The molecule has 1 aliphatic rings. The van der Waals surface area contributed by atoms with Crippen molar-refractivity contribution in [2.24, 2.45) is 0 Å². The Morgan fingerprint density at radius 3 is 2.45 bits per heavy atom. The highest BCUT2D eigenvalue weighted by Gasteiger charge is 2.30. The molecule has 1 saturated heterocycles. The second-order valence-electron chi connectivity index (χ2n) is 10.3. The largest absolute Gasteiger partial charge is 0.480 e. The van der Waals surface area contributed by atoms with Crippen LogP contribution in [0.3, 0.4) is 0 Å². The normalized spacial score (nSPS) is 15.0. The van der Waals surface area contributed by atoms with Crippen LogP contribution in [-0.4, -0.2) is 86.1 Å². The number of hydrogen-bond donors (Lipinski definition) is 6. The van der Waals surface area contributed by atoms with Gasteiger partial charge in [0.1, 0.15) is 12.3 Å². The summed E-state index contributed by atoms with van der Waals surface area (Å²) in [6.45, 7) is 7.54. The van der Waals surface area contributed by atoms with Crippen LogP contribution in [0.2, 0.25) is 0 Å². The molecule has 3 aromatic rings. The number of hydrogen-bond acceptors (Lipinski definition) is 8. The number of carboxylic acid groups (broad SMARTS) is 1. The number of carboxylic acids is 1. The average Bonchev–Trinajstić information content (AvgIpc) is 3.54. The van der Waals surface area contributed by atoms with E-state index in [2.05, 4.69) is 30.9 Å². The lowest BCUT2D eigenvalue weighted by Crippen LogP contribution is -2.49. The molecule has 0 radical (unpaired) electrons. The maximum Gasteiger partial charge on any atom is 0.323 e. The Kier molecular flexibility index (Phi) is 9.21. The topological polar surface area (TPSA) is 169 Å². The van der Waals surface area contributed by atoms with E-state index in [1.54, 1.807) is 38.1 Å². The minimum atomic E-state index is -4.15. The molecule has 216 valence electrons. The van der Waals surface area contributed by atoms with E-state index in [0.29, 0.717) is 22.2 Å². The molecule has 2 aromatic carbocycles. The predicted molar refractivity (Wildman–Crippen MR) is 152 cm³/mol. The van der Waals surface area contributed by atoms with Gasteiger partial charge in [-0.1, -0.05) is 23.8 Å². The fourth-order valence-corrected chi connectivity index (χ4v) is 6.77. The fraction of sp³-hybridized carbons (Fsp3) is 0.444. The molecule has 1 fully saturated rings. The molecule has 1 aliphatic heterocycles. The van der Waals surface area contributed by atoms with Gasteiger partial charge in [0, 0.05) is 43.3 Å². The first-order valence-electron chi connectivity index (χ1n) is 13.2. The monoisotopic (exact) mass is 571 g/mol. The molecule has 2 heterocycles. The first-order valence-corrected chi connectivity index (χ1v) is 14.7. The molecule has 12 nitrogen and oxygen atoms in total. The van der Waals surface area contributed by atoms with Crippen LogP contribution in [0.1, 0.15) is 39.2 Å². The van der Waals surface area contributed by atoms with Crippen molar-refractivity contribution in [1.82, 2.24) is 35.8 Å². The minimum Gasteiger partial charge on any atom is -0.480 e. The fourth-order valence-electron chi connectivity index (χ4n) is 5.13. The van der Waals surface area contributed by atoms with E-state index in [9.17, 15) is 23.1 Å². The number of carbonyl (C=O) groups is 2. The molecule has 0 bridgehead atoms. The number of nitrogens with one attached hydrogen (secondary N) is 5. The van der Waals surface area contributed by atoms with Crippen LogP contribution in [0.25, 0.3) is 10.9 Å². The van der Waals surface area contributed by atoms with Crippen molar-refractivity contribution >= 4 is 32.8 Å². The Balaban J connectivity index is 1.41. The van der Waals surface area contributed by atoms with Crippen LogP contribution in [0, 0.1) is 20.8 Å². The van der Waals surface area contributed by atoms with Gasteiger partial charge in [-0.25, -0.2) is 8.42 Å². The Bertz CT molecular complexity index is 1480. The lowest BCUT2D eigenvalue weighted by molar-refractivity contribution is -0.139. The van der Waals surface area contributed by atoms with Gasteiger partial charge in [0.25, 0.3) is 5.91 Å². The summed E-state index contributed by atoms with van der Waals surface area (Å²) in [6.07, 6.45) is 1.81. The average molecular weight is 572 g/mol.